The molecule has 0 radical (unpaired) electrons. The minimum atomic E-state index is -0.453. The van der Waals surface area contributed by atoms with Crippen LogP contribution in [0.1, 0.15) is 27.2 Å². The molecule has 2 saturated heterocycles. The standard InChI is InChI=1S/C12H22N2O3/c1-11(2,3)17-10(15)14-8-12-7-13-6-9(12)4-5-16-12/h9,13H,4-8H2,1-3H3,(H,14,15)/t9-,12-/m0/s1. The molecule has 0 spiro atoms. The molecular formula is C12H22N2O3. The van der Waals surface area contributed by atoms with Crippen LogP contribution in [0.25, 0.3) is 0 Å². The van der Waals surface area contributed by atoms with Crippen LogP contribution in [-0.2, 0) is 9.47 Å². The fourth-order valence-corrected chi connectivity index (χ4v) is 2.52. The average molecular weight is 242 g/mol. The third-order valence-electron chi connectivity index (χ3n) is 3.35. The van der Waals surface area contributed by atoms with Gasteiger partial charge >= 0.3 is 6.09 Å². The molecule has 2 atom stereocenters. The van der Waals surface area contributed by atoms with Gasteiger partial charge < -0.3 is 20.1 Å². The molecule has 0 aromatic heterocycles. The maximum atomic E-state index is 11.6. The summed E-state index contributed by atoms with van der Waals surface area (Å²) >= 11 is 0. The third kappa shape index (κ3) is 2.90. The van der Waals surface area contributed by atoms with Gasteiger partial charge in [0, 0.05) is 25.6 Å². The number of hydrogen-bond acceptors (Lipinski definition) is 4. The molecule has 0 aromatic carbocycles. The predicted octanol–water partition coefficient (Wildman–Crippen LogP) is 0.890. The molecule has 17 heavy (non-hydrogen) atoms. The molecule has 2 fully saturated rings. The molecule has 0 bridgehead atoms. The van der Waals surface area contributed by atoms with Crippen LogP contribution in [0, 0.1) is 5.92 Å². The summed E-state index contributed by atoms with van der Waals surface area (Å²) in [5, 5.41) is 6.14. The number of amides is 1. The summed E-state index contributed by atoms with van der Waals surface area (Å²) in [5.41, 5.74) is -0.664. The van der Waals surface area contributed by atoms with Crippen molar-refractivity contribution in [2.45, 2.75) is 38.4 Å². The zero-order valence-corrected chi connectivity index (χ0v) is 10.8. The summed E-state index contributed by atoms with van der Waals surface area (Å²) in [5.74, 6) is 0.512. The normalized spacial score (nSPS) is 32.3. The van der Waals surface area contributed by atoms with Crippen molar-refractivity contribution in [1.82, 2.24) is 10.6 Å². The molecule has 2 aliphatic heterocycles. The van der Waals surface area contributed by atoms with Crippen LogP contribution < -0.4 is 10.6 Å². The maximum absolute atomic E-state index is 11.6. The summed E-state index contributed by atoms with van der Waals surface area (Å²) < 4.78 is 11.0. The van der Waals surface area contributed by atoms with E-state index in [1.54, 1.807) is 0 Å². The van der Waals surface area contributed by atoms with Gasteiger partial charge in [-0.25, -0.2) is 4.79 Å². The van der Waals surface area contributed by atoms with Gasteiger partial charge in [0.2, 0.25) is 0 Å². The SMILES string of the molecule is CC(C)(C)OC(=O)NC[C@@]12CNC[C@@H]1CCO2. The number of carbonyl (C=O) groups is 1. The zero-order valence-electron chi connectivity index (χ0n) is 10.8. The molecule has 2 heterocycles. The Morgan fingerprint density at radius 1 is 1.59 bits per heavy atom. The van der Waals surface area contributed by atoms with E-state index in [9.17, 15) is 4.79 Å². The van der Waals surface area contributed by atoms with Crippen molar-refractivity contribution < 1.29 is 14.3 Å². The van der Waals surface area contributed by atoms with Gasteiger partial charge in [0.25, 0.3) is 0 Å². The van der Waals surface area contributed by atoms with E-state index in [2.05, 4.69) is 10.6 Å². The van der Waals surface area contributed by atoms with Crippen LogP contribution in [0.2, 0.25) is 0 Å². The molecule has 0 aromatic rings. The summed E-state index contributed by atoms with van der Waals surface area (Å²) in [6.07, 6.45) is 0.705. The van der Waals surface area contributed by atoms with Crippen LogP contribution in [-0.4, -0.2) is 43.5 Å². The summed E-state index contributed by atoms with van der Waals surface area (Å²) in [7, 11) is 0. The Hall–Kier alpha value is -0.810. The van der Waals surface area contributed by atoms with E-state index < -0.39 is 5.60 Å². The Morgan fingerprint density at radius 2 is 2.35 bits per heavy atom. The molecule has 5 heteroatoms. The largest absolute Gasteiger partial charge is 0.444 e. The molecule has 98 valence electrons. The van der Waals surface area contributed by atoms with E-state index >= 15 is 0 Å². The van der Waals surface area contributed by atoms with Crippen molar-refractivity contribution in [2.75, 3.05) is 26.2 Å². The van der Waals surface area contributed by atoms with Crippen molar-refractivity contribution in [3.63, 3.8) is 0 Å². The Kier molecular flexibility index (Phi) is 3.32. The Balaban J connectivity index is 1.83. The van der Waals surface area contributed by atoms with Crippen molar-refractivity contribution in [2.24, 2.45) is 5.92 Å². The van der Waals surface area contributed by atoms with Crippen molar-refractivity contribution in [3.05, 3.63) is 0 Å². The van der Waals surface area contributed by atoms with Gasteiger partial charge in [-0.05, 0) is 27.2 Å². The lowest BCUT2D eigenvalue weighted by atomic mass is 9.91. The summed E-state index contributed by atoms with van der Waals surface area (Å²) in [4.78, 5) is 11.6. The van der Waals surface area contributed by atoms with Gasteiger partial charge in [0.05, 0.1) is 6.54 Å². The van der Waals surface area contributed by atoms with Gasteiger partial charge in [0.15, 0.2) is 0 Å². The fourth-order valence-electron chi connectivity index (χ4n) is 2.52. The highest BCUT2D eigenvalue weighted by molar-refractivity contribution is 5.67. The van der Waals surface area contributed by atoms with Crippen LogP contribution in [0.4, 0.5) is 4.79 Å². The first-order chi connectivity index (χ1) is 7.91. The number of carbonyl (C=O) groups excluding carboxylic acids is 1. The first-order valence-electron chi connectivity index (χ1n) is 6.23. The highest BCUT2D eigenvalue weighted by atomic mass is 16.6. The second-order valence-electron chi connectivity index (χ2n) is 5.89. The number of hydrogen-bond donors (Lipinski definition) is 2. The van der Waals surface area contributed by atoms with Gasteiger partial charge in [-0.3, -0.25) is 0 Å². The molecule has 0 aliphatic carbocycles. The van der Waals surface area contributed by atoms with Crippen LogP contribution >= 0.6 is 0 Å². The topological polar surface area (TPSA) is 59.6 Å². The highest BCUT2D eigenvalue weighted by Crippen LogP contribution is 2.34. The molecule has 0 saturated carbocycles. The number of nitrogens with one attached hydrogen (secondary N) is 2. The van der Waals surface area contributed by atoms with Crippen LogP contribution in [0.5, 0.6) is 0 Å². The Bertz CT molecular complexity index is 289. The van der Waals surface area contributed by atoms with Crippen molar-refractivity contribution in [3.8, 4) is 0 Å². The van der Waals surface area contributed by atoms with Crippen LogP contribution in [0.15, 0.2) is 0 Å². The monoisotopic (exact) mass is 242 g/mol. The van der Waals surface area contributed by atoms with E-state index in [1.807, 2.05) is 20.8 Å². The van der Waals surface area contributed by atoms with E-state index in [4.69, 9.17) is 9.47 Å². The van der Waals surface area contributed by atoms with E-state index in [1.165, 1.54) is 0 Å². The third-order valence-corrected chi connectivity index (χ3v) is 3.35. The lowest BCUT2D eigenvalue weighted by Crippen LogP contribution is -2.48. The zero-order chi connectivity index (χ0) is 12.5. The molecular weight excluding hydrogens is 220 g/mol. The number of alkyl carbamates (subject to hydrolysis) is 1. The molecule has 2 N–H and O–H groups in total. The van der Waals surface area contributed by atoms with Gasteiger partial charge in [0.1, 0.15) is 11.2 Å². The number of fused-ring (bicyclic) bond motifs is 1. The second kappa shape index (κ2) is 4.46. The summed E-state index contributed by atoms with van der Waals surface area (Å²) in [6, 6.07) is 0. The van der Waals surface area contributed by atoms with Gasteiger partial charge in [-0.1, -0.05) is 0 Å². The predicted molar refractivity (Wildman–Crippen MR) is 63.9 cm³/mol. The minimum absolute atomic E-state index is 0.211. The lowest BCUT2D eigenvalue weighted by molar-refractivity contribution is -0.00147. The molecule has 1 amide bonds. The maximum Gasteiger partial charge on any atom is 0.407 e. The number of ether oxygens (including phenoxy) is 2. The van der Waals surface area contributed by atoms with E-state index in [0.717, 1.165) is 26.1 Å². The number of rotatable bonds is 2. The van der Waals surface area contributed by atoms with Gasteiger partial charge in [-0.2, -0.15) is 0 Å². The Labute approximate surface area is 102 Å². The van der Waals surface area contributed by atoms with Gasteiger partial charge in [-0.15, -0.1) is 0 Å². The van der Waals surface area contributed by atoms with E-state index in [0.29, 0.717) is 12.5 Å². The fraction of sp³-hybridized carbons (Fsp3) is 0.917. The molecule has 0 unspecified atom stereocenters. The molecule has 2 rings (SSSR count). The summed E-state index contributed by atoms with van der Waals surface area (Å²) in [6.45, 7) is 8.69. The smallest absolute Gasteiger partial charge is 0.407 e. The van der Waals surface area contributed by atoms with Crippen molar-refractivity contribution in [1.29, 1.82) is 0 Å². The van der Waals surface area contributed by atoms with E-state index in [-0.39, 0.29) is 11.7 Å². The first-order valence-corrected chi connectivity index (χ1v) is 6.23. The highest BCUT2D eigenvalue weighted by Gasteiger charge is 2.47. The molecule has 5 nitrogen and oxygen atoms in total. The van der Waals surface area contributed by atoms with Crippen molar-refractivity contribution >= 4 is 6.09 Å². The minimum Gasteiger partial charge on any atom is -0.444 e. The Morgan fingerprint density at radius 3 is 3.06 bits per heavy atom. The first kappa shape index (κ1) is 12.6. The average Bonchev–Trinajstić information content (AvgIpc) is 2.69. The molecule has 2 aliphatic rings. The second-order valence-corrected chi connectivity index (χ2v) is 5.89. The quantitative estimate of drug-likeness (QED) is 0.755. The van der Waals surface area contributed by atoms with Crippen LogP contribution in [0.3, 0.4) is 0 Å². The lowest BCUT2D eigenvalue weighted by Gasteiger charge is -2.28.